The van der Waals surface area contributed by atoms with Gasteiger partial charge in [0.15, 0.2) is 0 Å². The maximum absolute atomic E-state index is 12.8. The molecule has 22 heavy (non-hydrogen) atoms. The molecule has 2 N–H and O–H groups in total. The quantitative estimate of drug-likeness (QED) is 0.921. The Bertz CT molecular complexity index is 827. The molecular weight excluding hydrogens is 302 g/mol. The zero-order chi connectivity index (χ0) is 16.0. The molecule has 2 aromatic heterocycles. The van der Waals surface area contributed by atoms with Crippen molar-refractivity contribution < 1.29 is 4.74 Å². The first-order chi connectivity index (χ1) is 10.5. The van der Waals surface area contributed by atoms with E-state index in [2.05, 4.69) is 0 Å². The monoisotopic (exact) mass is 323 g/mol. The molecule has 1 aliphatic rings. The first-order valence-corrected chi connectivity index (χ1v) is 8.36. The van der Waals surface area contributed by atoms with Crippen LogP contribution in [-0.4, -0.2) is 21.8 Å². The molecule has 1 saturated heterocycles. The zero-order valence-electron chi connectivity index (χ0n) is 13.1. The van der Waals surface area contributed by atoms with E-state index in [4.69, 9.17) is 10.5 Å². The lowest BCUT2D eigenvalue weighted by Crippen LogP contribution is -2.44. The van der Waals surface area contributed by atoms with Crippen LogP contribution in [0, 0.1) is 6.92 Å². The zero-order valence-corrected chi connectivity index (χ0v) is 13.9. The van der Waals surface area contributed by atoms with Gasteiger partial charge in [-0.2, -0.15) is 0 Å². The largest absolute Gasteiger partial charge is 0.376 e. The average molecular weight is 323 g/mol. The number of nitrogens with two attached hydrogens (primary N) is 1. The third-order valence-electron chi connectivity index (χ3n) is 4.22. The number of nitrogens with zero attached hydrogens (tertiary/aromatic N) is 2. The van der Waals surface area contributed by atoms with Crippen molar-refractivity contribution in [1.82, 2.24) is 9.13 Å². The molecule has 7 heteroatoms. The van der Waals surface area contributed by atoms with E-state index >= 15 is 0 Å². The molecule has 1 fully saturated rings. The number of aromatic nitrogens is 2. The Morgan fingerprint density at radius 2 is 2.09 bits per heavy atom. The lowest BCUT2D eigenvalue weighted by Gasteiger charge is -2.27. The van der Waals surface area contributed by atoms with Crippen molar-refractivity contribution in [2.75, 3.05) is 6.61 Å². The maximum atomic E-state index is 12.8. The Hall–Kier alpha value is -1.44. The highest BCUT2D eigenvalue weighted by Gasteiger charge is 2.25. The van der Waals surface area contributed by atoms with Crippen molar-refractivity contribution in [2.45, 2.75) is 52.4 Å². The molecule has 0 saturated carbocycles. The van der Waals surface area contributed by atoms with Crippen molar-refractivity contribution in [1.29, 1.82) is 0 Å². The summed E-state index contributed by atoms with van der Waals surface area (Å²) in [4.78, 5) is 27.2. The maximum Gasteiger partial charge on any atom is 0.332 e. The summed E-state index contributed by atoms with van der Waals surface area (Å²) in [5, 5.41) is 0.623. The fourth-order valence-corrected chi connectivity index (χ4v) is 4.03. The molecule has 0 aliphatic carbocycles. The van der Waals surface area contributed by atoms with E-state index in [0.29, 0.717) is 18.5 Å². The predicted molar refractivity (Wildman–Crippen MR) is 87.7 cm³/mol. The molecule has 3 heterocycles. The van der Waals surface area contributed by atoms with Crippen LogP contribution in [-0.2, 0) is 17.8 Å². The summed E-state index contributed by atoms with van der Waals surface area (Å²) in [5.74, 6) is 0. The van der Waals surface area contributed by atoms with Gasteiger partial charge in [-0.25, -0.2) is 4.79 Å². The van der Waals surface area contributed by atoms with Gasteiger partial charge in [0.25, 0.3) is 5.56 Å². The van der Waals surface area contributed by atoms with Crippen LogP contribution in [0.1, 0.15) is 36.8 Å². The second kappa shape index (κ2) is 5.64. The van der Waals surface area contributed by atoms with Gasteiger partial charge in [-0.05, 0) is 32.8 Å². The van der Waals surface area contributed by atoms with Crippen LogP contribution in [0.15, 0.2) is 9.59 Å². The minimum absolute atomic E-state index is 0.0581. The van der Waals surface area contributed by atoms with Gasteiger partial charge in [-0.3, -0.25) is 13.9 Å². The van der Waals surface area contributed by atoms with Gasteiger partial charge in [0, 0.05) is 24.1 Å². The third kappa shape index (κ3) is 2.24. The molecular formula is C15H21N3O3S. The minimum Gasteiger partial charge on any atom is -0.376 e. The molecule has 3 rings (SSSR count). The Morgan fingerprint density at radius 1 is 1.41 bits per heavy atom. The highest BCUT2D eigenvalue weighted by Crippen LogP contribution is 2.28. The Labute approximate surface area is 132 Å². The molecule has 0 amide bonds. The second-order valence-corrected chi connectivity index (χ2v) is 7.06. The van der Waals surface area contributed by atoms with E-state index in [1.54, 1.807) is 4.57 Å². The molecule has 0 spiro atoms. The number of aryl methyl sites for hydroxylation is 1. The van der Waals surface area contributed by atoms with Crippen molar-refractivity contribution in [3.8, 4) is 0 Å². The van der Waals surface area contributed by atoms with Gasteiger partial charge < -0.3 is 10.5 Å². The molecule has 2 aromatic rings. The summed E-state index contributed by atoms with van der Waals surface area (Å²) in [7, 11) is 0. The standard InChI is InChI=1S/C15H21N3O3S/c1-8(2)18-13(19)12-9(3)11(6-16)22-14(12)17(15(18)20)7-10-4-5-21-10/h8,10H,4-7,16H2,1-3H3. The van der Waals surface area contributed by atoms with Gasteiger partial charge >= 0.3 is 5.69 Å². The highest BCUT2D eigenvalue weighted by atomic mass is 32.1. The van der Waals surface area contributed by atoms with Gasteiger partial charge in [0.05, 0.1) is 18.0 Å². The Kier molecular flexibility index (Phi) is 3.96. The summed E-state index contributed by atoms with van der Waals surface area (Å²) in [6.45, 7) is 7.22. The van der Waals surface area contributed by atoms with Crippen LogP contribution >= 0.6 is 11.3 Å². The van der Waals surface area contributed by atoms with E-state index in [-0.39, 0.29) is 23.4 Å². The van der Waals surface area contributed by atoms with E-state index in [1.165, 1.54) is 15.9 Å². The number of thiophene rings is 1. The molecule has 0 aromatic carbocycles. The van der Waals surface area contributed by atoms with Crippen molar-refractivity contribution in [3.05, 3.63) is 31.3 Å². The number of ether oxygens (including phenoxy) is 1. The third-order valence-corrected chi connectivity index (χ3v) is 5.56. The second-order valence-electron chi connectivity index (χ2n) is 5.98. The van der Waals surface area contributed by atoms with Crippen molar-refractivity contribution >= 4 is 21.6 Å². The van der Waals surface area contributed by atoms with Crippen LogP contribution in [0.4, 0.5) is 0 Å². The first-order valence-electron chi connectivity index (χ1n) is 7.54. The Balaban J connectivity index is 2.35. The topological polar surface area (TPSA) is 79.3 Å². The number of fused-ring (bicyclic) bond motifs is 1. The van der Waals surface area contributed by atoms with E-state index < -0.39 is 0 Å². The highest BCUT2D eigenvalue weighted by molar-refractivity contribution is 7.18. The van der Waals surface area contributed by atoms with Gasteiger partial charge in [0.2, 0.25) is 0 Å². The van der Waals surface area contributed by atoms with Gasteiger partial charge in [0.1, 0.15) is 4.83 Å². The molecule has 6 nitrogen and oxygen atoms in total. The van der Waals surface area contributed by atoms with Crippen LogP contribution in [0.5, 0.6) is 0 Å². The first kappa shape index (κ1) is 15.5. The lowest BCUT2D eigenvalue weighted by molar-refractivity contribution is -0.0593. The van der Waals surface area contributed by atoms with E-state index in [1.807, 2.05) is 20.8 Å². The summed E-state index contributed by atoms with van der Waals surface area (Å²) in [6.07, 6.45) is 1.01. The van der Waals surface area contributed by atoms with Crippen LogP contribution in [0.2, 0.25) is 0 Å². The number of hydrogen-bond donors (Lipinski definition) is 1. The van der Waals surface area contributed by atoms with E-state index in [0.717, 1.165) is 28.3 Å². The van der Waals surface area contributed by atoms with Gasteiger partial charge in [-0.15, -0.1) is 11.3 Å². The Morgan fingerprint density at radius 3 is 2.59 bits per heavy atom. The minimum atomic E-state index is -0.257. The lowest BCUT2D eigenvalue weighted by atomic mass is 10.2. The summed E-state index contributed by atoms with van der Waals surface area (Å²) in [5.41, 5.74) is 6.20. The van der Waals surface area contributed by atoms with Crippen LogP contribution in [0.3, 0.4) is 0 Å². The number of rotatable bonds is 4. The SMILES string of the molecule is Cc1c(CN)sc2c1c(=O)n(C(C)C)c(=O)n2CC1CCO1. The number of hydrogen-bond acceptors (Lipinski definition) is 5. The van der Waals surface area contributed by atoms with Crippen molar-refractivity contribution in [2.24, 2.45) is 5.73 Å². The predicted octanol–water partition coefficient (Wildman–Crippen LogP) is 1.36. The average Bonchev–Trinajstić information content (AvgIpc) is 2.73. The smallest absolute Gasteiger partial charge is 0.332 e. The summed E-state index contributed by atoms with van der Waals surface area (Å²) >= 11 is 1.44. The molecule has 0 radical (unpaired) electrons. The van der Waals surface area contributed by atoms with Crippen molar-refractivity contribution in [3.63, 3.8) is 0 Å². The summed E-state index contributed by atoms with van der Waals surface area (Å²) in [6, 6.07) is -0.182. The normalized spacial score (nSPS) is 18.1. The fourth-order valence-electron chi connectivity index (χ4n) is 2.85. The summed E-state index contributed by atoms with van der Waals surface area (Å²) < 4.78 is 8.49. The molecule has 1 aliphatic heterocycles. The molecule has 1 atom stereocenters. The van der Waals surface area contributed by atoms with E-state index in [9.17, 15) is 9.59 Å². The van der Waals surface area contributed by atoms with Crippen LogP contribution in [0.25, 0.3) is 10.2 Å². The van der Waals surface area contributed by atoms with Crippen LogP contribution < -0.4 is 17.0 Å². The fraction of sp³-hybridized carbons (Fsp3) is 0.600. The molecule has 0 bridgehead atoms. The molecule has 1 unspecified atom stereocenters. The molecule has 120 valence electrons. The van der Waals surface area contributed by atoms with Gasteiger partial charge in [-0.1, -0.05) is 0 Å².